The number of halogens is 1. The van der Waals surface area contributed by atoms with Gasteiger partial charge in [0.15, 0.2) is 18.1 Å². The van der Waals surface area contributed by atoms with Crippen molar-refractivity contribution in [2.45, 2.75) is 6.92 Å². The maximum Gasteiger partial charge on any atom is 0.343 e. The quantitative estimate of drug-likeness (QED) is 0.257. The average molecular weight is 562 g/mol. The average Bonchev–Trinajstić information content (AvgIpc) is 3.11. The molecule has 1 heterocycles. The maximum absolute atomic E-state index is 12.9. The van der Waals surface area contributed by atoms with Gasteiger partial charge in [0.2, 0.25) is 5.91 Å². The number of para-hydroxylation sites is 2. The lowest BCUT2D eigenvalue weighted by Gasteiger charge is -2.14. The lowest BCUT2D eigenvalue weighted by atomic mass is 10.1. The number of carbonyl (C=O) groups excluding carboxylic acids is 4. The summed E-state index contributed by atoms with van der Waals surface area (Å²) in [5.74, 6) is -0.774. The molecule has 1 fully saturated rings. The maximum atomic E-state index is 12.9. The van der Waals surface area contributed by atoms with Gasteiger partial charge < -0.3 is 29.6 Å². The number of methoxy groups -OCH3 is 2. The first-order chi connectivity index (χ1) is 17.3. The number of nitrogens with zero attached hydrogens (tertiary/aromatic N) is 1. The molecule has 4 amide bonds. The Labute approximate surface area is 215 Å². The molecule has 0 spiro atoms. The monoisotopic (exact) mass is 561 g/mol. The van der Waals surface area contributed by atoms with Gasteiger partial charge in [-0.05, 0) is 58.8 Å². The number of hydrogen-bond acceptors (Lipinski definition) is 8. The molecule has 0 aliphatic carbocycles. The predicted molar refractivity (Wildman–Crippen MR) is 133 cm³/mol. The van der Waals surface area contributed by atoms with E-state index >= 15 is 0 Å². The Morgan fingerprint density at radius 1 is 1.11 bits per heavy atom. The van der Waals surface area contributed by atoms with Gasteiger partial charge in [-0.25, -0.2) is 14.5 Å². The molecule has 11 nitrogen and oxygen atoms in total. The molecule has 12 heteroatoms. The summed E-state index contributed by atoms with van der Waals surface area (Å²) in [4.78, 5) is 50.0. The molecule has 0 atom stereocenters. The van der Waals surface area contributed by atoms with E-state index in [2.05, 4.69) is 31.3 Å². The first kappa shape index (κ1) is 26.5. The second-order valence-electron chi connectivity index (χ2n) is 7.26. The number of hydrogen-bond donors (Lipinski definition) is 2. The molecule has 0 unspecified atom stereocenters. The Bertz CT molecular complexity index is 1210. The van der Waals surface area contributed by atoms with Crippen LogP contribution in [0.5, 0.6) is 17.2 Å². The zero-order valence-corrected chi connectivity index (χ0v) is 21.3. The molecule has 0 aromatic heterocycles. The van der Waals surface area contributed by atoms with Crippen molar-refractivity contribution >= 4 is 51.5 Å². The second-order valence-corrected chi connectivity index (χ2v) is 8.11. The number of ether oxygens (including phenoxy) is 4. The Morgan fingerprint density at radius 3 is 2.56 bits per heavy atom. The number of anilines is 1. The van der Waals surface area contributed by atoms with E-state index in [0.29, 0.717) is 33.8 Å². The van der Waals surface area contributed by atoms with E-state index in [4.69, 9.17) is 14.2 Å². The van der Waals surface area contributed by atoms with Gasteiger partial charge in [0.05, 0.1) is 31.0 Å². The van der Waals surface area contributed by atoms with E-state index in [1.54, 1.807) is 43.3 Å². The van der Waals surface area contributed by atoms with Gasteiger partial charge in [0.1, 0.15) is 18.0 Å². The number of imide groups is 1. The summed E-state index contributed by atoms with van der Waals surface area (Å²) in [6.45, 7) is 1.27. The van der Waals surface area contributed by atoms with Crippen molar-refractivity contribution in [2.24, 2.45) is 0 Å². The standard InChI is InChI=1S/C24H24BrN3O8/c1-4-35-19-11-14(9-15(25)22(19)36-13-21(30)34-3)10-17-23(31)28(24(32)27-17)12-20(29)26-16-7-5-6-8-18(16)33-2/h5-11H,4,12-13H2,1-3H3,(H,26,29)(H,27,32)/b17-10+. The number of carbonyl (C=O) groups is 4. The molecule has 1 aliphatic heterocycles. The van der Waals surface area contributed by atoms with Gasteiger partial charge in [-0.1, -0.05) is 12.1 Å². The van der Waals surface area contributed by atoms with Crippen molar-refractivity contribution in [3.63, 3.8) is 0 Å². The number of esters is 1. The van der Waals surface area contributed by atoms with Crippen LogP contribution in [-0.2, 0) is 19.1 Å². The van der Waals surface area contributed by atoms with Crippen LogP contribution in [0.15, 0.2) is 46.6 Å². The Kier molecular flexibility index (Phi) is 8.90. The molecule has 3 rings (SSSR count). The Balaban J connectivity index is 1.77. The Morgan fingerprint density at radius 2 is 1.86 bits per heavy atom. The molecule has 36 heavy (non-hydrogen) atoms. The summed E-state index contributed by atoms with van der Waals surface area (Å²) in [7, 11) is 2.71. The highest BCUT2D eigenvalue weighted by Gasteiger charge is 2.35. The predicted octanol–water partition coefficient (Wildman–Crippen LogP) is 2.94. The molecule has 0 bridgehead atoms. The number of rotatable bonds is 10. The van der Waals surface area contributed by atoms with E-state index in [9.17, 15) is 19.2 Å². The van der Waals surface area contributed by atoms with E-state index in [1.807, 2.05) is 0 Å². The van der Waals surface area contributed by atoms with Crippen molar-refractivity contribution in [3.05, 3.63) is 52.1 Å². The molecule has 2 N–H and O–H groups in total. The summed E-state index contributed by atoms with van der Waals surface area (Å²) in [5.41, 5.74) is 0.887. The summed E-state index contributed by atoms with van der Waals surface area (Å²) in [6.07, 6.45) is 1.44. The minimum atomic E-state index is -0.733. The zero-order valence-electron chi connectivity index (χ0n) is 19.8. The first-order valence-electron chi connectivity index (χ1n) is 10.7. The molecule has 0 radical (unpaired) electrons. The highest BCUT2D eigenvalue weighted by atomic mass is 79.9. The van der Waals surface area contributed by atoms with E-state index < -0.39 is 30.4 Å². The largest absolute Gasteiger partial charge is 0.495 e. The van der Waals surface area contributed by atoms with Crippen LogP contribution in [0.4, 0.5) is 10.5 Å². The fraction of sp³-hybridized carbons (Fsp3) is 0.250. The molecular formula is C24H24BrN3O8. The van der Waals surface area contributed by atoms with Gasteiger partial charge in [-0.2, -0.15) is 0 Å². The first-order valence-corrected chi connectivity index (χ1v) is 11.5. The molecule has 0 saturated carbocycles. The van der Waals surface area contributed by atoms with Gasteiger partial charge in [-0.15, -0.1) is 0 Å². The minimum Gasteiger partial charge on any atom is -0.495 e. The molecule has 190 valence electrons. The highest BCUT2D eigenvalue weighted by Crippen LogP contribution is 2.37. The third-order valence-corrected chi connectivity index (χ3v) is 5.44. The second kappa shape index (κ2) is 12.1. The number of benzene rings is 2. The van der Waals surface area contributed by atoms with Gasteiger partial charge in [0, 0.05) is 0 Å². The van der Waals surface area contributed by atoms with Crippen LogP contribution in [0.3, 0.4) is 0 Å². The van der Waals surface area contributed by atoms with Crippen LogP contribution < -0.4 is 24.8 Å². The molecule has 2 aromatic carbocycles. The fourth-order valence-corrected chi connectivity index (χ4v) is 3.80. The minimum absolute atomic E-state index is 0.0253. The van der Waals surface area contributed by atoms with E-state index in [1.165, 1.54) is 20.3 Å². The third-order valence-electron chi connectivity index (χ3n) is 4.85. The van der Waals surface area contributed by atoms with Crippen LogP contribution >= 0.6 is 15.9 Å². The van der Waals surface area contributed by atoms with Crippen molar-refractivity contribution in [1.29, 1.82) is 0 Å². The third kappa shape index (κ3) is 6.33. The lowest BCUT2D eigenvalue weighted by molar-refractivity contribution is -0.143. The van der Waals surface area contributed by atoms with Crippen LogP contribution in [0.2, 0.25) is 0 Å². The number of urea groups is 1. The smallest absolute Gasteiger partial charge is 0.343 e. The van der Waals surface area contributed by atoms with E-state index in [-0.39, 0.29) is 18.1 Å². The van der Waals surface area contributed by atoms with Crippen LogP contribution in [-0.4, -0.2) is 62.7 Å². The van der Waals surface area contributed by atoms with Crippen molar-refractivity contribution in [1.82, 2.24) is 10.2 Å². The summed E-state index contributed by atoms with van der Waals surface area (Å²) in [6, 6.07) is 9.25. The fourth-order valence-electron chi connectivity index (χ4n) is 3.23. The van der Waals surface area contributed by atoms with Crippen molar-refractivity contribution < 1.29 is 38.1 Å². The normalized spacial score (nSPS) is 13.9. The summed E-state index contributed by atoms with van der Waals surface area (Å²) < 4.78 is 21.3. The topological polar surface area (TPSA) is 132 Å². The van der Waals surface area contributed by atoms with Crippen LogP contribution in [0.1, 0.15) is 12.5 Å². The van der Waals surface area contributed by atoms with Crippen molar-refractivity contribution in [2.75, 3.05) is 39.3 Å². The SMILES string of the molecule is CCOc1cc(/C=C2/NC(=O)N(CC(=O)Nc3ccccc3OC)C2=O)cc(Br)c1OCC(=O)OC. The number of amides is 4. The van der Waals surface area contributed by atoms with Gasteiger partial charge in [0.25, 0.3) is 5.91 Å². The lowest BCUT2D eigenvalue weighted by Crippen LogP contribution is -2.38. The highest BCUT2D eigenvalue weighted by molar-refractivity contribution is 9.10. The van der Waals surface area contributed by atoms with Crippen molar-refractivity contribution in [3.8, 4) is 17.2 Å². The summed E-state index contributed by atoms with van der Waals surface area (Å²) in [5, 5.41) is 5.10. The molecular weight excluding hydrogens is 538 g/mol. The molecule has 1 aliphatic rings. The number of nitrogens with one attached hydrogen (secondary N) is 2. The van der Waals surface area contributed by atoms with Gasteiger partial charge in [-0.3, -0.25) is 9.59 Å². The zero-order chi connectivity index (χ0) is 26.2. The Hall–Kier alpha value is -4.06. The van der Waals surface area contributed by atoms with Gasteiger partial charge >= 0.3 is 12.0 Å². The molecule has 2 aromatic rings. The van der Waals surface area contributed by atoms with E-state index in [0.717, 1.165) is 4.90 Å². The summed E-state index contributed by atoms with van der Waals surface area (Å²) >= 11 is 3.37. The van der Waals surface area contributed by atoms with Crippen LogP contribution in [0.25, 0.3) is 6.08 Å². The molecule has 1 saturated heterocycles. The van der Waals surface area contributed by atoms with Crippen LogP contribution in [0, 0.1) is 0 Å².